The molecule has 6 nitrogen and oxygen atoms in total. The number of amides is 2. The summed E-state index contributed by atoms with van der Waals surface area (Å²) in [7, 11) is 1.59. The quantitative estimate of drug-likeness (QED) is 0.704. The zero-order chi connectivity index (χ0) is 21.4. The van der Waals surface area contributed by atoms with Crippen molar-refractivity contribution < 1.29 is 19.1 Å². The first-order chi connectivity index (χ1) is 13.8. The van der Waals surface area contributed by atoms with Gasteiger partial charge in [-0.25, -0.2) is 0 Å². The molecule has 0 bridgehead atoms. The number of nitrogens with one attached hydrogen (secondary N) is 1. The Balaban J connectivity index is 2.13. The van der Waals surface area contributed by atoms with Crippen molar-refractivity contribution in [3.05, 3.63) is 59.7 Å². The van der Waals surface area contributed by atoms with E-state index >= 15 is 0 Å². The van der Waals surface area contributed by atoms with E-state index in [-0.39, 0.29) is 24.5 Å². The summed E-state index contributed by atoms with van der Waals surface area (Å²) in [6.07, 6.45) is 0. The van der Waals surface area contributed by atoms with Gasteiger partial charge in [0.2, 0.25) is 5.91 Å². The van der Waals surface area contributed by atoms with Crippen LogP contribution in [-0.4, -0.2) is 42.5 Å². The summed E-state index contributed by atoms with van der Waals surface area (Å²) in [5.41, 5.74) is 2.07. The third kappa shape index (κ3) is 6.82. The van der Waals surface area contributed by atoms with Crippen LogP contribution in [0.15, 0.2) is 48.5 Å². The number of rotatable bonds is 9. The number of methoxy groups -OCH3 is 1. The molecule has 0 unspecified atom stereocenters. The number of nitrogens with zero attached hydrogens (tertiary/aromatic N) is 1. The van der Waals surface area contributed by atoms with Crippen molar-refractivity contribution in [3.63, 3.8) is 0 Å². The summed E-state index contributed by atoms with van der Waals surface area (Å²) < 4.78 is 10.8. The van der Waals surface area contributed by atoms with Gasteiger partial charge >= 0.3 is 0 Å². The monoisotopic (exact) mass is 398 g/mol. The Morgan fingerprint density at radius 1 is 1.03 bits per heavy atom. The topological polar surface area (TPSA) is 67.9 Å². The van der Waals surface area contributed by atoms with E-state index in [1.807, 2.05) is 45.0 Å². The molecule has 0 aliphatic heterocycles. The van der Waals surface area contributed by atoms with E-state index in [0.717, 1.165) is 11.1 Å². The van der Waals surface area contributed by atoms with Crippen LogP contribution in [0.25, 0.3) is 0 Å². The molecule has 2 amide bonds. The highest BCUT2D eigenvalue weighted by Gasteiger charge is 2.26. The Bertz CT molecular complexity index is 818. The molecule has 2 aromatic rings. The first-order valence-electron chi connectivity index (χ1n) is 9.72. The predicted octanol–water partition coefficient (Wildman–Crippen LogP) is 3.32. The van der Waals surface area contributed by atoms with E-state index in [0.29, 0.717) is 18.0 Å². The van der Waals surface area contributed by atoms with E-state index in [4.69, 9.17) is 9.47 Å². The van der Waals surface area contributed by atoms with Crippen LogP contribution in [0.2, 0.25) is 0 Å². The van der Waals surface area contributed by atoms with Gasteiger partial charge in [-0.3, -0.25) is 9.59 Å². The molecule has 2 aromatic carbocycles. The SMILES string of the molecule is COc1ccc(OCC(=O)N(Cc2cccc(C)c2)[C@@H](C)C(=O)NC(C)C)cc1. The van der Waals surface area contributed by atoms with Crippen LogP contribution in [0.5, 0.6) is 11.5 Å². The molecule has 29 heavy (non-hydrogen) atoms. The Hall–Kier alpha value is -3.02. The van der Waals surface area contributed by atoms with Crippen LogP contribution in [0.4, 0.5) is 0 Å². The van der Waals surface area contributed by atoms with Gasteiger partial charge < -0.3 is 19.7 Å². The number of carbonyl (C=O) groups is 2. The Morgan fingerprint density at radius 3 is 2.28 bits per heavy atom. The lowest BCUT2D eigenvalue weighted by Crippen LogP contribution is -2.50. The van der Waals surface area contributed by atoms with Crippen molar-refractivity contribution in [3.8, 4) is 11.5 Å². The number of benzene rings is 2. The van der Waals surface area contributed by atoms with Crippen LogP contribution < -0.4 is 14.8 Å². The van der Waals surface area contributed by atoms with Gasteiger partial charge in [0.1, 0.15) is 17.5 Å². The van der Waals surface area contributed by atoms with Crippen molar-refractivity contribution >= 4 is 11.8 Å². The smallest absolute Gasteiger partial charge is 0.261 e. The zero-order valence-electron chi connectivity index (χ0n) is 17.8. The molecule has 0 fully saturated rings. The molecule has 0 radical (unpaired) electrons. The summed E-state index contributed by atoms with van der Waals surface area (Å²) in [4.78, 5) is 27.1. The number of ether oxygens (including phenoxy) is 2. The lowest BCUT2D eigenvalue weighted by molar-refractivity contribution is -0.142. The fraction of sp³-hybridized carbons (Fsp3) is 0.391. The molecular formula is C23H30N2O4. The molecule has 6 heteroatoms. The molecule has 0 spiro atoms. The maximum absolute atomic E-state index is 13.0. The Kier molecular flexibility index (Phi) is 8.07. The van der Waals surface area contributed by atoms with Gasteiger partial charge in [0.25, 0.3) is 5.91 Å². The third-order valence-electron chi connectivity index (χ3n) is 4.46. The van der Waals surface area contributed by atoms with E-state index in [1.165, 1.54) is 0 Å². The number of carbonyl (C=O) groups excluding carboxylic acids is 2. The summed E-state index contributed by atoms with van der Waals surface area (Å²) in [5.74, 6) is 0.830. The molecule has 0 aliphatic rings. The summed E-state index contributed by atoms with van der Waals surface area (Å²) in [6.45, 7) is 7.70. The molecule has 1 atom stereocenters. The van der Waals surface area contributed by atoms with Crippen molar-refractivity contribution in [2.24, 2.45) is 0 Å². The van der Waals surface area contributed by atoms with E-state index < -0.39 is 6.04 Å². The first-order valence-corrected chi connectivity index (χ1v) is 9.72. The average Bonchev–Trinajstić information content (AvgIpc) is 2.69. The maximum Gasteiger partial charge on any atom is 0.261 e. The number of hydrogen-bond acceptors (Lipinski definition) is 4. The summed E-state index contributed by atoms with van der Waals surface area (Å²) in [5, 5.41) is 2.87. The van der Waals surface area contributed by atoms with Gasteiger partial charge in [-0.1, -0.05) is 29.8 Å². The van der Waals surface area contributed by atoms with E-state index in [2.05, 4.69) is 5.32 Å². The molecule has 0 saturated carbocycles. The molecule has 0 aliphatic carbocycles. The van der Waals surface area contributed by atoms with Crippen LogP contribution in [0.3, 0.4) is 0 Å². The molecule has 0 saturated heterocycles. The van der Waals surface area contributed by atoms with E-state index in [9.17, 15) is 9.59 Å². The fourth-order valence-corrected chi connectivity index (χ4v) is 2.89. The second-order valence-corrected chi connectivity index (χ2v) is 7.31. The van der Waals surface area contributed by atoms with Crippen LogP contribution in [0, 0.1) is 6.92 Å². The summed E-state index contributed by atoms with van der Waals surface area (Å²) in [6, 6.07) is 14.3. The van der Waals surface area contributed by atoms with Crippen molar-refractivity contribution in [2.75, 3.05) is 13.7 Å². The second kappa shape index (κ2) is 10.5. The minimum atomic E-state index is -0.620. The minimum Gasteiger partial charge on any atom is -0.497 e. The predicted molar refractivity (Wildman–Crippen MR) is 113 cm³/mol. The number of hydrogen-bond donors (Lipinski definition) is 1. The van der Waals surface area contributed by atoms with Crippen LogP contribution >= 0.6 is 0 Å². The van der Waals surface area contributed by atoms with Gasteiger partial charge in [-0.15, -0.1) is 0 Å². The zero-order valence-corrected chi connectivity index (χ0v) is 17.8. The molecule has 0 heterocycles. The fourth-order valence-electron chi connectivity index (χ4n) is 2.89. The lowest BCUT2D eigenvalue weighted by atomic mass is 10.1. The summed E-state index contributed by atoms with van der Waals surface area (Å²) >= 11 is 0. The van der Waals surface area contributed by atoms with Crippen molar-refractivity contribution in [1.82, 2.24) is 10.2 Å². The second-order valence-electron chi connectivity index (χ2n) is 7.31. The van der Waals surface area contributed by atoms with Crippen molar-refractivity contribution in [2.45, 2.75) is 46.3 Å². The van der Waals surface area contributed by atoms with Gasteiger partial charge in [0, 0.05) is 12.6 Å². The molecule has 0 aromatic heterocycles. The Labute approximate surface area is 172 Å². The van der Waals surface area contributed by atoms with Crippen LogP contribution in [-0.2, 0) is 16.1 Å². The highest BCUT2D eigenvalue weighted by Crippen LogP contribution is 2.18. The van der Waals surface area contributed by atoms with Crippen molar-refractivity contribution in [1.29, 1.82) is 0 Å². The first kappa shape index (κ1) is 22.3. The lowest BCUT2D eigenvalue weighted by Gasteiger charge is -2.29. The minimum absolute atomic E-state index is 0.00331. The Morgan fingerprint density at radius 2 is 1.69 bits per heavy atom. The van der Waals surface area contributed by atoms with Gasteiger partial charge in [-0.2, -0.15) is 0 Å². The molecule has 1 N–H and O–H groups in total. The van der Waals surface area contributed by atoms with Crippen LogP contribution in [0.1, 0.15) is 31.9 Å². The van der Waals surface area contributed by atoms with Gasteiger partial charge in [-0.05, 0) is 57.5 Å². The van der Waals surface area contributed by atoms with E-state index in [1.54, 1.807) is 43.2 Å². The highest BCUT2D eigenvalue weighted by atomic mass is 16.5. The maximum atomic E-state index is 13.0. The standard InChI is InChI=1S/C23H30N2O4/c1-16(2)24-23(27)18(4)25(14-19-8-6-7-17(3)13-19)22(26)15-29-21-11-9-20(28-5)10-12-21/h6-13,16,18H,14-15H2,1-5H3,(H,24,27)/t18-/m0/s1. The third-order valence-corrected chi connectivity index (χ3v) is 4.46. The largest absolute Gasteiger partial charge is 0.497 e. The highest BCUT2D eigenvalue weighted by molar-refractivity contribution is 5.88. The molecule has 156 valence electrons. The number of aryl methyl sites for hydroxylation is 1. The molecule has 2 rings (SSSR count). The average molecular weight is 399 g/mol. The normalized spacial score (nSPS) is 11.7. The van der Waals surface area contributed by atoms with Gasteiger partial charge in [0.05, 0.1) is 7.11 Å². The molecular weight excluding hydrogens is 368 g/mol. The van der Waals surface area contributed by atoms with Gasteiger partial charge in [0.15, 0.2) is 6.61 Å².